The van der Waals surface area contributed by atoms with Gasteiger partial charge in [-0.2, -0.15) is 0 Å². The maximum Gasteiger partial charge on any atom is 0.243 e. The Kier molecular flexibility index (Phi) is 4.71. The van der Waals surface area contributed by atoms with Gasteiger partial charge in [-0.25, -0.2) is 26.3 Å². The summed E-state index contributed by atoms with van der Waals surface area (Å²) in [5.41, 5.74) is 0. The molecule has 2 N–H and O–H groups in total. The van der Waals surface area contributed by atoms with Gasteiger partial charge in [-0.1, -0.05) is 0 Å². The quantitative estimate of drug-likeness (QED) is 0.797. The van der Waals surface area contributed by atoms with Crippen molar-refractivity contribution < 1.29 is 26.7 Å². The van der Waals surface area contributed by atoms with Crippen molar-refractivity contribution in [2.75, 3.05) is 6.54 Å². The summed E-state index contributed by atoms with van der Waals surface area (Å²) in [6, 6.07) is 1.17. The van der Waals surface area contributed by atoms with Crippen molar-refractivity contribution in [1.29, 1.82) is 0 Å². The molecule has 1 atom stereocenters. The third-order valence-corrected chi connectivity index (χ3v) is 3.62. The molecule has 0 fully saturated rings. The van der Waals surface area contributed by atoms with Crippen LogP contribution in [-0.2, 0) is 10.0 Å². The number of hydrogen-bond acceptors (Lipinski definition) is 3. The molecule has 1 unspecified atom stereocenters. The molecule has 0 aliphatic rings. The van der Waals surface area contributed by atoms with Crippen LogP contribution in [0.25, 0.3) is 0 Å². The van der Waals surface area contributed by atoms with Gasteiger partial charge in [-0.3, -0.25) is 0 Å². The van der Waals surface area contributed by atoms with Crippen molar-refractivity contribution in [3.63, 3.8) is 0 Å². The average Bonchev–Trinajstić information content (AvgIpc) is 2.24. The molecule has 0 saturated heterocycles. The topological polar surface area (TPSA) is 66.4 Å². The van der Waals surface area contributed by atoms with Crippen LogP contribution in [-0.4, -0.2) is 26.2 Å². The maximum absolute atomic E-state index is 13.3. The predicted octanol–water partition coefficient (Wildman–Crippen LogP) is 1.15. The molecular formula is C10H12F3NO3S. The number of aliphatic hydroxyl groups excluding tert-OH is 1. The third-order valence-electron chi connectivity index (χ3n) is 2.14. The summed E-state index contributed by atoms with van der Waals surface area (Å²) in [6.45, 7) is 1.31. The van der Waals surface area contributed by atoms with E-state index in [4.69, 9.17) is 5.11 Å². The summed E-state index contributed by atoms with van der Waals surface area (Å²) < 4.78 is 63.9. The first-order valence-electron chi connectivity index (χ1n) is 5.07. The largest absolute Gasteiger partial charge is 0.393 e. The molecule has 0 heterocycles. The second-order valence-corrected chi connectivity index (χ2v) is 5.44. The minimum atomic E-state index is -4.27. The van der Waals surface area contributed by atoms with E-state index < -0.39 is 38.5 Å². The van der Waals surface area contributed by atoms with E-state index in [1.165, 1.54) is 6.92 Å². The Bertz CT molecular complexity index is 531. The summed E-state index contributed by atoms with van der Waals surface area (Å²) in [6.07, 6.45) is -0.618. The fourth-order valence-corrected chi connectivity index (χ4v) is 2.31. The molecule has 102 valence electrons. The number of rotatable bonds is 5. The van der Waals surface area contributed by atoms with Gasteiger partial charge in [0.15, 0.2) is 17.5 Å². The van der Waals surface area contributed by atoms with E-state index in [0.29, 0.717) is 12.1 Å². The van der Waals surface area contributed by atoms with Crippen LogP contribution in [0.3, 0.4) is 0 Å². The molecule has 18 heavy (non-hydrogen) atoms. The second-order valence-electron chi connectivity index (χ2n) is 3.71. The highest BCUT2D eigenvalue weighted by Crippen LogP contribution is 2.19. The minimum Gasteiger partial charge on any atom is -0.393 e. The normalized spacial score (nSPS) is 13.6. The molecule has 1 aromatic rings. The van der Waals surface area contributed by atoms with E-state index >= 15 is 0 Å². The first kappa shape index (κ1) is 14.9. The van der Waals surface area contributed by atoms with E-state index in [1.807, 2.05) is 4.72 Å². The summed E-state index contributed by atoms with van der Waals surface area (Å²) in [5.74, 6) is -5.07. The molecule has 0 bridgehead atoms. The first-order chi connectivity index (χ1) is 8.25. The van der Waals surface area contributed by atoms with Crippen molar-refractivity contribution in [1.82, 2.24) is 4.72 Å². The molecule has 0 saturated carbocycles. The van der Waals surface area contributed by atoms with Gasteiger partial charge in [-0.15, -0.1) is 0 Å². The van der Waals surface area contributed by atoms with Crippen LogP contribution in [0.1, 0.15) is 13.3 Å². The summed E-state index contributed by atoms with van der Waals surface area (Å²) in [7, 11) is -4.27. The van der Waals surface area contributed by atoms with Gasteiger partial charge in [0.05, 0.1) is 6.10 Å². The van der Waals surface area contributed by atoms with E-state index in [2.05, 4.69) is 0 Å². The van der Waals surface area contributed by atoms with Crippen LogP contribution in [0, 0.1) is 17.5 Å². The fourth-order valence-electron chi connectivity index (χ4n) is 1.20. The number of aliphatic hydroxyl groups is 1. The number of hydrogen-bond donors (Lipinski definition) is 2. The SMILES string of the molecule is CC(O)CCNS(=O)(=O)c1ccc(F)c(F)c1F. The summed E-state index contributed by atoms with van der Waals surface area (Å²) >= 11 is 0. The molecule has 1 rings (SSSR count). The van der Waals surface area contributed by atoms with E-state index in [1.54, 1.807) is 0 Å². The molecule has 4 nitrogen and oxygen atoms in total. The minimum absolute atomic E-state index is 0.116. The highest BCUT2D eigenvalue weighted by atomic mass is 32.2. The monoisotopic (exact) mass is 283 g/mol. The molecule has 0 spiro atoms. The zero-order chi connectivity index (χ0) is 13.9. The van der Waals surface area contributed by atoms with Crippen molar-refractivity contribution in [3.8, 4) is 0 Å². The van der Waals surface area contributed by atoms with E-state index in [9.17, 15) is 21.6 Å². The fraction of sp³-hybridized carbons (Fsp3) is 0.400. The van der Waals surface area contributed by atoms with Crippen LogP contribution in [0.5, 0.6) is 0 Å². The predicted molar refractivity (Wildman–Crippen MR) is 57.8 cm³/mol. The molecular weight excluding hydrogens is 271 g/mol. The third kappa shape index (κ3) is 3.44. The lowest BCUT2D eigenvalue weighted by molar-refractivity contribution is 0.186. The van der Waals surface area contributed by atoms with E-state index in [-0.39, 0.29) is 13.0 Å². The highest BCUT2D eigenvalue weighted by molar-refractivity contribution is 7.89. The number of benzene rings is 1. The lowest BCUT2D eigenvalue weighted by Crippen LogP contribution is -2.27. The first-order valence-corrected chi connectivity index (χ1v) is 6.55. The maximum atomic E-state index is 13.3. The molecule has 0 radical (unpaired) electrons. The van der Waals surface area contributed by atoms with Gasteiger partial charge in [0, 0.05) is 6.54 Å². The number of nitrogens with one attached hydrogen (secondary N) is 1. The average molecular weight is 283 g/mol. The smallest absolute Gasteiger partial charge is 0.243 e. The van der Waals surface area contributed by atoms with Crippen LogP contribution in [0.15, 0.2) is 17.0 Å². The Labute approximate surface area is 102 Å². The summed E-state index contributed by atoms with van der Waals surface area (Å²) in [4.78, 5) is -0.966. The molecule has 8 heteroatoms. The van der Waals surface area contributed by atoms with Gasteiger partial charge in [-0.05, 0) is 25.5 Å². The Morgan fingerprint density at radius 3 is 2.44 bits per heavy atom. The standard InChI is InChI=1S/C10H12F3NO3S/c1-6(15)4-5-14-18(16,17)8-3-2-7(11)9(12)10(8)13/h2-3,6,14-15H,4-5H2,1H3. The number of sulfonamides is 1. The van der Waals surface area contributed by atoms with Crippen LogP contribution >= 0.6 is 0 Å². The van der Waals surface area contributed by atoms with Gasteiger partial charge >= 0.3 is 0 Å². The van der Waals surface area contributed by atoms with Crippen LogP contribution < -0.4 is 4.72 Å². The highest BCUT2D eigenvalue weighted by Gasteiger charge is 2.23. The molecule has 0 aromatic heterocycles. The van der Waals surface area contributed by atoms with Crippen molar-refractivity contribution >= 4 is 10.0 Å². The Hall–Kier alpha value is -1.12. The molecule has 1 aromatic carbocycles. The van der Waals surface area contributed by atoms with Crippen LogP contribution in [0.2, 0.25) is 0 Å². The Morgan fingerprint density at radius 2 is 1.89 bits per heavy atom. The number of halogens is 3. The van der Waals surface area contributed by atoms with Gasteiger partial charge in [0.2, 0.25) is 10.0 Å². The molecule has 0 aliphatic carbocycles. The van der Waals surface area contributed by atoms with Gasteiger partial charge < -0.3 is 5.11 Å². The Morgan fingerprint density at radius 1 is 1.28 bits per heavy atom. The molecule has 0 amide bonds. The van der Waals surface area contributed by atoms with Gasteiger partial charge in [0.1, 0.15) is 4.90 Å². The second kappa shape index (κ2) is 5.68. The van der Waals surface area contributed by atoms with Crippen molar-refractivity contribution in [2.24, 2.45) is 0 Å². The van der Waals surface area contributed by atoms with Crippen LogP contribution in [0.4, 0.5) is 13.2 Å². The lowest BCUT2D eigenvalue weighted by atomic mass is 10.3. The Balaban J connectivity index is 2.96. The summed E-state index contributed by atoms with van der Waals surface area (Å²) in [5, 5.41) is 8.94. The van der Waals surface area contributed by atoms with Crippen molar-refractivity contribution in [2.45, 2.75) is 24.3 Å². The lowest BCUT2D eigenvalue weighted by Gasteiger charge is -2.09. The molecule has 0 aliphatic heterocycles. The van der Waals surface area contributed by atoms with E-state index in [0.717, 1.165) is 0 Å². The zero-order valence-corrected chi connectivity index (χ0v) is 10.3. The van der Waals surface area contributed by atoms with Gasteiger partial charge in [0.25, 0.3) is 0 Å². The van der Waals surface area contributed by atoms with Crippen molar-refractivity contribution in [3.05, 3.63) is 29.6 Å². The zero-order valence-electron chi connectivity index (χ0n) is 9.45.